The molecule has 0 aromatic heterocycles. The molecule has 0 saturated heterocycles. The molecule has 0 aliphatic heterocycles. The van der Waals surface area contributed by atoms with Crippen molar-refractivity contribution in [3.8, 4) is 0 Å². The molecule has 3 atom stereocenters. The quantitative estimate of drug-likeness (QED) is 0.698. The second kappa shape index (κ2) is 4.63. The van der Waals surface area contributed by atoms with Gasteiger partial charge in [0.25, 0.3) is 0 Å². The molecular weight excluding hydrogens is 291 g/mol. The first-order valence-corrected chi connectivity index (χ1v) is 8.06. The molecule has 2 heteroatoms. The average Bonchev–Trinajstić information content (AvgIpc) is 2.93. The van der Waals surface area contributed by atoms with Crippen molar-refractivity contribution in [2.45, 2.75) is 39.0 Å². The summed E-state index contributed by atoms with van der Waals surface area (Å²) in [4.78, 5) is 0. The molecule has 0 N–H and O–H groups in total. The number of benzene rings is 1. The van der Waals surface area contributed by atoms with Crippen molar-refractivity contribution >= 4 is 15.9 Å². The molecule has 2 bridgehead atoms. The van der Waals surface area contributed by atoms with E-state index in [2.05, 4.69) is 15.9 Å². The summed E-state index contributed by atoms with van der Waals surface area (Å²) < 4.78 is 13.2. The van der Waals surface area contributed by atoms with Gasteiger partial charge in [0.2, 0.25) is 0 Å². The van der Waals surface area contributed by atoms with Gasteiger partial charge in [0.15, 0.2) is 0 Å². The summed E-state index contributed by atoms with van der Waals surface area (Å²) in [5.41, 5.74) is 2.88. The Morgan fingerprint density at radius 1 is 1.39 bits per heavy atom. The third-order valence-electron chi connectivity index (χ3n) is 5.22. The smallest absolute Gasteiger partial charge is 0.123 e. The highest BCUT2D eigenvalue weighted by atomic mass is 79.9. The second-order valence-corrected chi connectivity index (χ2v) is 6.88. The maximum absolute atomic E-state index is 13.2. The molecule has 3 rings (SSSR count). The lowest BCUT2D eigenvalue weighted by Crippen LogP contribution is -2.32. The second-order valence-electron chi connectivity index (χ2n) is 6.32. The summed E-state index contributed by atoms with van der Waals surface area (Å²) in [6, 6.07) is 5.27. The highest BCUT2D eigenvalue weighted by molar-refractivity contribution is 9.09. The Bertz CT molecular complexity index is 456. The Morgan fingerprint density at radius 2 is 2.22 bits per heavy atom. The number of hydrogen-bond donors (Lipinski definition) is 0. The summed E-state index contributed by atoms with van der Waals surface area (Å²) in [5, 5.41) is 1.10. The molecule has 2 aliphatic rings. The minimum absolute atomic E-state index is 0.114. The van der Waals surface area contributed by atoms with E-state index in [1.54, 1.807) is 12.1 Å². The van der Waals surface area contributed by atoms with Gasteiger partial charge in [-0.2, -0.15) is 0 Å². The van der Waals surface area contributed by atoms with Crippen LogP contribution in [0.2, 0.25) is 0 Å². The maximum atomic E-state index is 13.2. The minimum Gasteiger partial charge on any atom is -0.207 e. The number of fused-ring (bicyclic) bond motifs is 2. The van der Waals surface area contributed by atoms with E-state index in [-0.39, 0.29) is 5.82 Å². The molecule has 0 radical (unpaired) electrons. The fourth-order valence-corrected chi connectivity index (χ4v) is 5.11. The summed E-state index contributed by atoms with van der Waals surface area (Å²) in [6.45, 7) is 2.04. The Kier molecular flexibility index (Phi) is 3.25. The number of rotatable bonds is 3. The summed E-state index contributed by atoms with van der Waals surface area (Å²) >= 11 is 3.76. The Morgan fingerprint density at radius 3 is 2.78 bits per heavy atom. The van der Waals surface area contributed by atoms with Crippen LogP contribution in [0.1, 0.15) is 36.8 Å². The zero-order valence-electron chi connectivity index (χ0n) is 10.9. The molecule has 0 nitrogen and oxygen atoms in total. The van der Waals surface area contributed by atoms with Gasteiger partial charge in [-0.3, -0.25) is 0 Å². The fourth-order valence-electron chi connectivity index (χ4n) is 4.22. The van der Waals surface area contributed by atoms with Gasteiger partial charge >= 0.3 is 0 Å². The van der Waals surface area contributed by atoms with Gasteiger partial charge < -0.3 is 0 Å². The Labute approximate surface area is 117 Å². The largest absolute Gasteiger partial charge is 0.207 e. The molecule has 2 aliphatic carbocycles. The topological polar surface area (TPSA) is 0 Å². The molecule has 0 spiro atoms. The number of halogens is 2. The van der Waals surface area contributed by atoms with E-state index < -0.39 is 0 Å². The minimum atomic E-state index is -0.114. The number of alkyl halides is 1. The predicted octanol–water partition coefficient (Wildman–Crippen LogP) is 4.88. The Balaban J connectivity index is 1.86. The molecule has 18 heavy (non-hydrogen) atoms. The molecule has 98 valence electrons. The van der Waals surface area contributed by atoms with Crippen LogP contribution in [0.5, 0.6) is 0 Å². The first-order chi connectivity index (χ1) is 8.63. The Hall–Kier alpha value is -0.370. The van der Waals surface area contributed by atoms with E-state index in [9.17, 15) is 4.39 Å². The van der Waals surface area contributed by atoms with Crippen LogP contribution in [0.3, 0.4) is 0 Å². The van der Waals surface area contributed by atoms with E-state index in [4.69, 9.17) is 0 Å². The summed E-state index contributed by atoms with van der Waals surface area (Å²) in [7, 11) is 0. The number of hydrogen-bond acceptors (Lipinski definition) is 0. The van der Waals surface area contributed by atoms with E-state index >= 15 is 0 Å². The molecule has 3 unspecified atom stereocenters. The van der Waals surface area contributed by atoms with E-state index in [0.717, 1.165) is 29.2 Å². The third kappa shape index (κ3) is 2.03. The van der Waals surface area contributed by atoms with Crippen LogP contribution in [0.4, 0.5) is 4.39 Å². The lowest BCUT2D eigenvalue weighted by Gasteiger charge is -2.37. The normalized spacial score (nSPS) is 34.2. The summed E-state index contributed by atoms with van der Waals surface area (Å²) in [6.07, 6.45) is 6.73. The van der Waals surface area contributed by atoms with Crippen LogP contribution in [0.25, 0.3) is 0 Å². The van der Waals surface area contributed by atoms with Crippen molar-refractivity contribution in [1.29, 1.82) is 0 Å². The van der Waals surface area contributed by atoms with Gasteiger partial charge in [-0.1, -0.05) is 28.4 Å². The molecular formula is C16H20BrF. The predicted molar refractivity (Wildman–Crippen MR) is 76.5 cm³/mol. The third-order valence-corrected chi connectivity index (χ3v) is 6.33. The van der Waals surface area contributed by atoms with Gasteiger partial charge in [0.05, 0.1) is 0 Å². The monoisotopic (exact) mass is 310 g/mol. The standard InChI is InChI=1S/C16H20BrF/c1-11-6-15(18)5-3-13(11)9-16(10-17)8-12-2-4-14(16)7-12/h3,5-6,12,14H,2,4,7-10H2,1H3. The van der Waals surface area contributed by atoms with Crippen molar-refractivity contribution in [3.63, 3.8) is 0 Å². The molecule has 2 saturated carbocycles. The van der Waals surface area contributed by atoms with Crippen LogP contribution in [-0.2, 0) is 6.42 Å². The van der Waals surface area contributed by atoms with Gasteiger partial charge in [-0.25, -0.2) is 4.39 Å². The highest BCUT2D eigenvalue weighted by Gasteiger charge is 2.49. The average molecular weight is 311 g/mol. The van der Waals surface area contributed by atoms with Gasteiger partial charge in [0, 0.05) is 5.33 Å². The first-order valence-electron chi connectivity index (χ1n) is 6.94. The highest BCUT2D eigenvalue weighted by Crippen LogP contribution is 2.58. The lowest BCUT2D eigenvalue weighted by atomic mass is 9.70. The van der Waals surface area contributed by atoms with Crippen LogP contribution in [0.15, 0.2) is 18.2 Å². The van der Waals surface area contributed by atoms with Crippen LogP contribution in [-0.4, -0.2) is 5.33 Å². The zero-order chi connectivity index (χ0) is 12.8. The fraction of sp³-hybridized carbons (Fsp3) is 0.625. The van der Waals surface area contributed by atoms with Gasteiger partial charge in [0.1, 0.15) is 5.82 Å². The van der Waals surface area contributed by atoms with Crippen molar-refractivity contribution in [3.05, 3.63) is 35.1 Å². The van der Waals surface area contributed by atoms with E-state index in [0.29, 0.717) is 5.41 Å². The molecule has 1 aromatic carbocycles. The SMILES string of the molecule is Cc1cc(F)ccc1CC1(CBr)CC2CCC1C2. The van der Waals surface area contributed by atoms with Gasteiger partial charge in [-0.05, 0) is 73.1 Å². The van der Waals surface area contributed by atoms with E-state index in [1.165, 1.54) is 31.2 Å². The van der Waals surface area contributed by atoms with Crippen molar-refractivity contribution in [2.75, 3.05) is 5.33 Å². The molecule has 1 aromatic rings. The van der Waals surface area contributed by atoms with Crippen molar-refractivity contribution in [1.82, 2.24) is 0 Å². The van der Waals surface area contributed by atoms with E-state index in [1.807, 2.05) is 13.0 Å². The number of aryl methyl sites for hydroxylation is 1. The lowest BCUT2D eigenvalue weighted by molar-refractivity contribution is 0.196. The van der Waals surface area contributed by atoms with Crippen LogP contribution >= 0.6 is 15.9 Å². The molecule has 0 heterocycles. The molecule has 2 fully saturated rings. The van der Waals surface area contributed by atoms with Crippen molar-refractivity contribution < 1.29 is 4.39 Å². The maximum Gasteiger partial charge on any atom is 0.123 e. The summed E-state index contributed by atoms with van der Waals surface area (Å²) in [5.74, 6) is 1.72. The molecule has 0 amide bonds. The zero-order valence-corrected chi connectivity index (χ0v) is 12.5. The van der Waals surface area contributed by atoms with Crippen molar-refractivity contribution in [2.24, 2.45) is 17.3 Å². The van der Waals surface area contributed by atoms with Crippen LogP contribution < -0.4 is 0 Å². The van der Waals surface area contributed by atoms with Crippen LogP contribution in [0, 0.1) is 30.0 Å². The van der Waals surface area contributed by atoms with Gasteiger partial charge in [-0.15, -0.1) is 0 Å². The first kappa shape index (κ1) is 12.7.